The standard InChI is InChI=1S/C18H18O4/c1-18(2,13-3-7-15(20)8-4-13)14-5-9-16(10-6-14)22-17(21)11-12-19/h3-10,12,20H,11H2,1-2H3. The summed E-state index contributed by atoms with van der Waals surface area (Å²) in [6.07, 6.45) is 0.269. The Labute approximate surface area is 129 Å². The second-order valence-corrected chi connectivity index (χ2v) is 5.54. The zero-order chi connectivity index (χ0) is 16.2. The predicted molar refractivity (Wildman–Crippen MR) is 83.0 cm³/mol. The zero-order valence-electron chi connectivity index (χ0n) is 12.6. The average Bonchev–Trinajstić information content (AvgIpc) is 2.48. The van der Waals surface area contributed by atoms with E-state index in [9.17, 15) is 14.7 Å². The van der Waals surface area contributed by atoms with Gasteiger partial charge in [-0.3, -0.25) is 4.79 Å². The zero-order valence-corrected chi connectivity index (χ0v) is 12.6. The molecule has 0 spiro atoms. The molecule has 4 nitrogen and oxygen atoms in total. The van der Waals surface area contributed by atoms with E-state index in [0.717, 1.165) is 11.1 Å². The number of phenols is 1. The lowest BCUT2D eigenvalue weighted by Crippen LogP contribution is -2.18. The van der Waals surface area contributed by atoms with Gasteiger partial charge in [0.25, 0.3) is 0 Å². The molecule has 1 N–H and O–H groups in total. The fourth-order valence-electron chi connectivity index (χ4n) is 2.23. The van der Waals surface area contributed by atoms with Crippen molar-refractivity contribution in [2.24, 2.45) is 0 Å². The van der Waals surface area contributed by atoms with Crippen molar-refractivity contribution in [1.29, 1.82) is 0 Å². The third kappa shape index (κ3) is 3.52. The molecule has 0 atom stereocenters. The molecular weight excluding hydrogens is 280 g/mol. The number of carbonyl (C=O) groups is 2. The number of rotatable bonds is 5. The fraction of sp³-hybridized carbons (Fsp3) is 0.222. The van der Waals surface area contributed by atoms with Gasteiger partial charge in [-0.2, -0.15) is 0 Å². The number of esters is 1. The van der Waals surface area contributed by atoms with Crippen molar-refractivity contribution in [3.8, 4) is 11.5 Å². The highest BCUT2D eigenvalue weighted by molar-refractivity contribution is 5.85. The van der Waals surface area contributed by atoms with E-state index in [1.54, 1.807) is 24.3 Å². The minimum Gasteiger partial charge on any atom is -0.508 e. The molecule has 0 aliphatic carbocycles. The fourth-order valence-corrected chi connectivity index (χ4v) is 2.23. The van der Waals surface area contributed by atoms with Crippen LogP contribution in [0, 0.1) is 0 Å². The number of hydrogen-bond acceptors (Lipinski definition) is 4. The van der Waals surface area contributed by atoms with Crippen molar-refractivity contribution in [2.45, 2.75) is 25.7 Å². The van der Waals surface area contributed by atoms with Gasteiger partial charge in [-0.25, -0.2) is 0 Å². The van der Waals surface area contributed by atoms with E-state index in [4.69, 9.17) is 4.74 Å². The number of aldehydes is 1. The van der Waals surface area contributed by atoms with E-state index in [-0.39, 0.29) is 17.6 Å². The van der Waals surface area contributed by atoms with Crippen LogP contribution in [0.5, 0.6) is 11.5 Å². The Morgan fingerprint density at radius 2 is 1.55 bits per heavy atom. The van der Waals surface area contributed by atoms with Crippen LogP contribution in [0.3, 0.4) is 0 Å². The molecule has 0 aliphatic rings. The van der Waals surface area contributed by atoms with Gasteiger partial charge in [-0.1, -0.05) is 38.1 Å². The van der Waals surface area contributed by atoms with Crippen LogP contribution in [0.4, 0.5) is 0 Å². The van der Waals surface area contributed by atoms with Gasteiger partial charge in [0.15, 0.2) is 0 Å². The van der Waals surface area contributed by atoms with Crippen LogP contribution in [0.15, 0.2) is 48.5 Å². The smallest absolute Gasteiger partial charge is 0.318 e. The average molecular weight is 298 g/mol. The number of aromatic hydroxyl groups is 1. The van der Waals surface area contributed by atoms with Crippen LogP contribution in [0.25, 0.3) is 0 Å². The predicted octanol–water partition coefficient (Wildman–Crippen LogP) is 3.21. The molecule has 114 valence electrons. The molecular formula is C18H18O4. The molecule has 0 aliphatic heterocycles. The maximum absolute atomic E-state index is 11.3. The number of ether oxygens (including phenoxy) is 1. The van der Waals surface area contributed by atoms with Gasteiger partial charge in [-0.15, -0.1) is 0 Å². The first-order valence-corrected chi connectivity index (χ1v) is 6.98. The SMILES string of the molecule is CC(C)(c1ccc(O)cc1)c1ccc(OC(=O)CC=O)cc1. The lowest BCUT2D eigenvalue weighted by atomic mass is 9.78. The summed E-state index contributed by atoms with van der Waals surface area (Å²) < 4.78 is 5.04. The molecule has 0 heterocycles. The van der Waals surface area contributed by atoms with Crippen molar-refractivity contribution < 1.29 is 19.4 Å². The molecule has 0 amide bonds. The number of carbonyl (C=O) groups excluding carboxylic acids is 2. The molecule has 0 bridgehead atoms. The summed E-state index contributed by atoms with van der Waals surface area (Å²) in [4.78, 5) is 21.5. The number of phenolic OH excluding ortho intramolecular Hbond substituents is 1. The van der Waals surface area contributed by atoms with E-state index < -0.39 is 5.97 Å². The molecule has 0 unspecified atom stereocenters. The highest BCUT2D eigenvalue weighted by Gasteiger charge is 2.23. The Kier molecular flexibility index (Phi) is 4.61. The van der Waals surface area contributed by atoms with E-state index in [1.807, 2.05) is 24.3 Å². The van der Waals surface area contributed by atoms with Gasteiger partial charge in [0.1, 0.15) is 24.2 Å². The van der Waals surface area contributed by atoms with Crippen molar-refractivity contribution in [1.82, 2.24) is 0 Å². The molecule has 2 aromatic rings. The van der Waals surface area contributed by atoms with Gasteiger partial charge in [0.2, 0.25) is 0 Å². The van der Waals surface area contributed by atoms with Crippen LogP contribution in [-0.4, -0.2) is 17.4 Å². The minimum absolute atomic E-state index is 0.233. The maximum atomic E-state index is 11.3. The molecule has 0 aromatic heterocycles. The van der Waals surface area contributed by atoms with Crippen LogP contribution in [-0.2, 0) is 15.0 Å². The first-order valence-electron chi connectivity index (χ1n) is 6.98. The summed E-state index contributed by atoms with van der Waals surface area (Å²) in [6.45, 7) is 4.15. The summed E-state index contributed by atoms with van der Waals surface area (Å²) in [7, 11) is 0. The molecule has 2 rings (SSSR count). The van der Waals surface area contributed by atoms with Crippen molar-refractivity contribution in [3.63, 3.8) is 0 Å². The molecule has 0 saturated heterocycles. The number of benzene rings is 2. The lowest BCUT2D eigenvalue weighted by Gasteiger charge is -2.26. The molecule has 4 heteroatoms. The first-order chi connectivity index (χ1) is 10.4. The summed E-state index contributed by atoms with van der Waals surface area (Å²) >= 11 is 0. The highest BCUT2D eigenvalue weighted by Crippen LogP contribution is 2.33. The Morgan fingerprint density at radius 3 is 2.05 bits per heavy atom. The highest BCUT2D eigenvalue weighted by atomic mass is 16.5. The monoisotopic (exact) mass is 298 g/mol. The van der Waals surface area contributed by atoms with Gasteiger partial charge >= 0.3 is 5.97 Å². The van der Waals surface area contributed by atoms with Crippen molar-refractivity contribution in [3.05, 3.63) is 59.7 Å². The van der Waals surface area contributed by atoms with Crippen molar-refractivity contribution >= 4 is 12.3 Å². The summed E-state index contributed by atoms with van der Waals surface area (Å²) in [5.74, 6) is 0.0784. The van der Waals surface area contributed by atoms with Crippen molar-refractivity contribution in [2.75, 3.05) is 0 Å². The summed E-state index contributed by atoms with van der Waals surface area (Å²) in [6, 6.07) is 14.3. The molecule has 22 heavy (non-hydrogen) atoms. The van der Waals surface area contributed by atoms with E-state index in [1.165, 1.54) is 0 Å². The normalized spacial score (nSPS) is 11.0. The topological polar surface area (TPSA) is 63.6 Å². The molecule has 0 radical (unpaired) electrons. The van der Waals surface area contributed by atoms with Gasteiger partial charge in [0, 0.05) is 5.41 Å². The third-order valence-electron chi connectivity index (χ3n) is 3.65. The Hall–Kier alpha value is -2.62. The van der Waals surface area contributed by atoms with Crippen LogP contribution in [0.1, 0.15) is 31.4 Å². The van der Waals surface area contributed by atoms with E-state index >= 15 is 0 Å². The van der Waals surface area contributed by atoms with Gasteiger partial charge < -0.3 is 14.6 Å². The molecule has 0 fully saturated rings. The van der Waals surface area contributed by atoms with Crippen LogP contribution < -0.4 is 4.74 Å². The van der Waals surface area contributed by atoms with E-state index in [2.05, 4.69) is 13.8 Å². The largest absolute Gasteiger partial charge is 0.508 e. The van der Waals surface area contributed by atoms with Gasteiger partial charge in [0.05, 0.1) is 0 Å². The van der Waals surface area contributed by atoms with Crippen LogP contribution >= 0.6 is 0 Å². The third-order valence-corrected chi connectivity index (χ3v) is 3.65. The maximum Gasteiger partial charge on any atom is 0.318 e. The number of hydrogen-bond donors (Lipinski definition) is 1. The Bertz CT molecular complexity index is 654. The van der Waals surface area contributed by atoms with E-state index in [0.29, 0.717) is 12.0 Å². The molecule has 2 aromatic carbocycles. The second kappa shape index (κ2) is 6.43. The van der Waals surface area contributed by atoms with Crippen LogP contribution in [0.2, 0.25) is 0 Å². The Morgan fingerprint density at radius 1 is 1.05 bits per heavy atom. The quantitative estimate of drug-likeness (QED) is 0.398. The summed E-state index contributed by atoms with van der Waals surface area (Å²) in [5.41, 5.74) is 1.86. The first kappa shape index (κ1) is 15.8. The second-order valence-electron chi connectivity index (χ2n) is 5.54. The Balaban J connectivity index is 2.20. The lowest BCUT2D eigenvalue weighted by molar-refractivity contribution is -0.135. The van der Waals surface area contributed by atoms with Gasteiger partial charge in [-0.05, 0) is 35.4 Å². The summed E-state index contributed by atoms with van der Waals surface area (Å²) in [5, 5.41) is 9.38. The molecule has 0 saturated carbocycles. The minimum atomic E-state index is -0.569.